The van der Waals surface area contributed by atoms with Gasteiger partial charge in [-0.2, -0.15) is 0 Å². The van der Waals surface area contributed by atoms with Crippen LogP contribution in [0.2, 0.25) is 12.3 Å². The summed E-state index contributed by atoms with van der Waals surface area (Å²) in [6.07, 6.45) is 18.4. The summed E-state index contributed by atoms with van der Waals surface area (Å²) < 4.78 is 0. The molecule has 0 amide bonds. The molecule has 1 heteroatoms. The monoisotopic (exact) mass is 203 g/mol. The molecule has 0 radical (unpaired) electrons. The summed E-state index contributed by atoms with van der Waals surface area (Å²) in [5.41, 5.74) is 0. The van der Waals surface area contributed by atoms with Crippen LogP contribution in [-0.4, -0.2) is 8.78 Å². The van der Waals surface area contributed by atoms with Crippen molar-refractivity contribution in [2.24, 2.45) is 11.8 Å². The first-order chi connectivity index (χ1) is 7.45. The Kier molecular flexibility index (Phi) is 5.19. The summed E-state index contributed by atoms with van der Waals surface area (Å²) >= 11 is 0. The Bertz CT molecular complexity index is 137. The Morgan fingerprint density at radius 3 is 1.47 bits per heavy atom. The van der Waals surface area contributed by atoms with E-state index in [0.717, 1.165) is 11.8 Å². The zero-order chi connectivity index (χ0) is 10.3. The zero-order valence-electron chi connectivity index (χ0n) is 10.3. The zero-order valence-corrected chi connectivity index (χ0v) is 10.3. The van der Waals surface area contributed by atoms with Gasteiger partial charge in [0.2, 0.25) is 0 Å². The second-order valence-corrected chi connectivity index (χ2v) is 5.94. The molecule has 0 heterocycles. The first-order valence-electron chi connectivity index (χ1n) is 7.45. The van der Waals surface area contributed by atoms with Gasteiger partial charge in [-0.15, -0.1) is 0 Å². The SMILES string of the molecule is [Be]([CH2]CC1CCCC1)[CH2]CC1CCCC1. The molecule has 84 valence electrons. The molecule has 0 bridgehead atoms. The number of rotatable bonds is 6. The van der Waals surface area contributed by atoms with E-state index in [0.29, 0.717) is 0 Å². The van der Waals surface area contributed by atoms with Gasteiger partial charge < -0.3 is 0 Å². The van der Waals surface area contributed by atoms with Gasteiger partial charge in [0.1, 0.15) is 0 Å². The van der Waals surface area contributed by atoms with Gasteiger partial charge in [0, 0.05) is 0 Å². The average Bonchev–Trinajstić information content (AvgIpc) is 2.88. The van der Waals surface area contributed by atoms with Crippen LogP contribution < -0.4 is 0 Å². The average molecular weight is 203 g/mol. The van der Waals surface area contributed by atoms with Crippen molar-refractivity contribution in [2.75, 3.05) is 0 Å². The molecule has 0 N–H and O–H groups in total. The van der Waals surface area contributed by atoms with Gasteiger partial charge in [-0.3, -0.25) is 0 Å². The van der Waals surface area contributed by atoms with Crippen LogP contribution in [0, 0.1) is 11.8 Å². The first kappa shape index (κ1) is 11.6. The molecule has 2 saturated carbocycles. The van der Waals surface area contributed by atoms with E-state index in [1.807, 2.05) is 0 Å². The normalized spacial score (nSPS) is 23.5. The Balaban J connectivity index is 1.41. The van der Waals surface area contributed by atoms with Gasteiger partial charge in [0.05, 0.1) is 0 Å². The fourth-order valence-corrected chi connectivity index (χ4v) is 3.64. The Labute approximate surface area is 97.5 Å². The Morgan fingerprint density at radius 2 is 1.07 bits per heavy atom. The third kappa shape index (κ3) is 4.27. The van der Waals surface area contributed by atoms with Crippen LogP contribution in [0.4, 0.5) is 0 Å². The van der Waals surface area contributed by atoms with Gasteiger partial charge in [0.25, 0.3) is 0 Å². The van der Waals surface area contributed by atoms with Crippen molar-refractivity contribution in [3.05, 3.63) is 0 Å². The van der Waals surface area contributed by atoms with Crippen LogP contribution in [-0.2, 0) is 0 Å². The van der Waals surface area contributed by atoms with Crippen LogP contribution in [0.5, 0.6) is 0 Å². The van der Waals surface area contributed by atoms with Crippen molar-refractivity contribution in [2.45, 2.75) is 76.5 Å². The van der Waals surface area contributed by atoms with Gasteiger partial charge in [-0.25, -0.2) is 0 Å². The van der Waals surface area contributed by atoms with Crippen molar-refractivity contribution in [3.63, 3.8) is 0 Å². The molecule has 0 aromatic rings. The van der Waals surface area contributed by atoms with E-state index in [1.165, 1.54) is 46.7 Å². The fourth-order valence-electron chi connectivity index (χ4n) is 3.64. The van der Waals surface area contributed by atoms with E-state index >= 15 is 0 Å². The molecule has 0 nitrogen and oxygen atoms in total. The predicted octanol–water partition coefficient (Wildman–Crippen LogP) is 4.69. The predicted molar refractivity (Wildman–Crippen MR) is 68.5 cm³/mol. The molecule has 2 fully saturated rings. The molecule has 0 aromatic heterocycles. The summed E-state index contributed by atoms with van der Waals surface area (Å²) in [6, 6.07) is 0. The summed E-state index contributed by atoms with van der Waals surface area (Å²) in [5.74, 6) is 2.24. The standard InChI is InChI=1S/2C7H13.Be/c2*1-2-7-5-3-4-6-7;/h2*7H,1-6H2;. The molecule has 0 aliphatic heterocycles. The topological polar surface area (TPSA) is 0 Å². The van der Waals surface area contributed by atoms with Gasteiger partial charge >= 0.3 is 97.1 Å². The molecular weight excluding hydrogens is 177 g/mol. The number of hydrogen-bond donors (Lipinski definition) is 0. The van der Waals surface area contributed by atoms with E-state index < -0.39 is 0 Å². The van der Waals surface area contributed by atoms with E-state index in [2.05, 4.69) is 0 Å². The summed E-state index contributed by atoms with van der Waals surface area (Å²) in [4.78, 5) is 0. The van der Waals surface area contributed by atoms with Crippen molar-refractivity contribution >= 4 is 8.78 Å². The van der Waals surface area contributed by atoms with E-state index in [9.17, 15) is 0 Å². The van der Waals surface area contributed by atoms with E-state index in [4.69, 9.17) is 0 Å². The third-order valence-corrected chi connectivity index (χ3v) is 4.67. The van der Waals surface area contributed by atoms with Crippen molar-refractivity contribution in [3.8, 4) is 0 Å². The van der Waals surface area contributed by atoms with Crippen LogP contribution in [0.1, 0.15) is 64.2 Å². The quantitative estimate of drug-likeness (QED) is 0.434. The summed E-state index contributed by atoms with van der Waals surface area (Å²) in [7, 11) is 1.52. The summed E-state index contributed by atoms with van der Waals surface area (Å²) in [5, 5.41) is 0. The molecule has 2 aliphatic carbocycles. The molecule has 0 atom stereocenters. The van der Waals surface area contributed by atoms with E-state index in [-0.39, 0.29) is 0 Å². The first-order valence-corrected chi connectivity index (χ1v) is 7.45. The molecule has 0 aromatic carbocycles. The van der Waals surface area contributed by atoms with Gasteiger partial charge in [0.15, 0.2) is 0 Å². The minimum atomic E-state index is 1.12. The molecule has 0 spiro atoms. The van der Waals surface area contributed by atoms with Crippen LogP contribution in [0.15, 0.2) is 0 Å². The Hall–Kier alpha value is 0.169. The molecule has 2 aliphatic rings. The van der Waals surface area contributed by atoms with Gasteiger partial charge in [-0.05, 0) is 0 Å². The molecule has 2 rings (SSSR count). The maximum absolute atomic E-state index is 1.55. The van der Waals surface area contributed by atoms with Crippen molar-refractivity contribution in [1.82, 2.24) is 0 Å². The fraction of sp³-hybridized carbons (Fsp3) is 1.00. The third-order valence-electron chi connectivity index (χ3n) is 4.67. The second-order valence-electron chi connectivity index (χ2n) is 5.94. The van der Waals surface area contributed by atoms with Crippen LogP contribution >= 0.6 is 0 Å². The molecule has 15 heavy (non-hydrogen) atoms. The molecular formula is C14H26Be. The van der Waals surface area contributed by atoms with Crippen LogP contribution in [0.25, 0.3) is 0 Å². The summed E-state index contributed by atoms with van der Waals surface area (Å²) in [6.45, 7) is 0. The van der Waals surface area contributed by atoms with Gasteiger partial charge in [-0.1, -0.05) is 0 Å². The Morgan fingerprint density at radius 1 is 0.667 bits per heavy atom. The van der Waals surface area contributed by atoms with E-state index in [1.54, 1.807) is 38.5 Å². The van der Waals surface area contributed by atoms with Crippen molar-refractivity contribution in [1.29, 1.82) is 0 Å². The number of hydrogen-bond acceptors (Lipinski definition) is 0. The molecule has 0 saturated heterocycles. The second kappa shape index (κ2) is 6.69. The molecule has 0 unspecified atom stereocenters. The van der Waals surface area contributed by atoms with Crippen molar-refractivity contribution < 1.29 is 0 Å². The minimum absolute atomic E-state index is 1.12. The van der Waals surface area contributed by atoms with Crippen LogP contribution in [0.3, 0.4) is 0 Å². The maximum atomic E-state index is 1.55.